The molecule has 3 rings (SSSR count). The summed E-state index contributed by atoms with van der Waals surface area (Å²) in [6.07, 6.45) is 1.62. The average molecular weight is 411 g/mol. The zero-order valence-electron chi connectivity index (χ0n) is 17.6. The van der Waals surface area contributed by atoms with Crippen LogP contribution in [0.2, 0.25) is 0 Å². The molecule has 0 N–H and O–H groups in total. The molecule has 1 amide bonds. The van der Waals surface area contributed by atoms with Crippen LogP contribution in [0.5, 0.6) is 5.75 Å². The molecule has 6 heteroatoms. The van der Waals surface area contributed by atoms with Crippen molar-refractivity contribution in [1.29, 1.82) is 0 Å². The van der Waals surface area contributed by atoms with E-state index in [9.17, 15) is 9.59 Å². The number of aryl methyl sites for hydroxylation is 1. The lowest BCUT2D eigenvalue weighted by atomic mass is 10.0. The maximum atomic E-state index is 12.6. The number of hydrogen-bond acceptors (Lipinski definition) is 5. The van der Waals surface area contributed by atoms with E-state index in [-0.39, 0.29) is 11.9 Å². The maximum Gasteiger partial charge on any atom is 0.335 e. The summed E-state index contributed by atoms with van der Waals surface area (Å²) in [6.45, 7) is 5.40. The molecule has 0 fully saturated rings. The van der Waals surface area contributed by atoms with Gasteiger partial charge in [0.15, 0.2) is 12.8 Å². The van der Waals surface area contributed by atoms with Crippen LogP contribution in [0.3, 0.4) is 0 Å². The molecule has 0 spiro atoms. The number of amides is 1. The van der Waals surface area contributed by atoms with Gasteiger partial charge in [0.1, 0.15) is 5.75 Å². The van der Waals surface area contributed by atoms with Gasteiger partial charge < -0.3 is 19.1 Å². The minimum Gasteiger partial charge on any atom is -0.472 e. The van der Waals surface area contributed by atoms with Crippen LogP contribution in [-0.4, -0.2) is 49.4 Å². The number of rotatable bonds is 10. The first-order chi connectivity index (χ1) is 14.6. The van der Waals surface area contributed by atoms with Gasteiger partial charge >= 0.3 is 5.97 Å². The molecule has 1 heterocycles. The summed E-state index contributed by atoms with van der Waals surface area (Å²) in [5, 5.41) is 0. The summed E-state index contributed by atoms with van der Waals surface area (Å²) < 4.78 is 16.3. The molecule has 0 radical (unpaired) electrons. The molecule has 30 heavy (non-hydrogen) atoms. The van der Waals surface area contributed by atoms with Crippen molar-refractivity contribution in [3.05, 3.63) is 65.2 Å². The highest BCUT2D eigenvalue weighted by atomic mass is 16.6. The van der Waals surface area contributed by atoms with Gasteiger partial charge in [-0.15, -0.1) is 0 Å². The maximum absolute atomic E-state index is 12.6. The molecule has 1 unspecified atom stereocenters. The molecule has 0 saturated carbocycles. The van der Waals surface area contributed by atoms with Crippen LogP contribution >= 0.6 is 0 Å². The fourth-order valence-corrected chi connectivity index (χ4v) is 3.49. The van der Waals surface area contributed by atoms with Crippen molar-refractivity contribution in [2.24, 2.45) is 0 Å². The van der Waals surface area contributed by atoms with Gasteiger partial charge in [0, 0.05) is 19.6 Å². The standard InChI is InChI=1S/C24H29NO5/c1-3-28-22(24(27)29-4-2)16-19-13-11-18(12-14-19)8-7-15-25-17-30-21-10-6-5-9-20(21)23(25)26/h5-6,9-14,22H,3-4,7-8,15-17H2,1-2H3. The smallest absolute Gasteiger partial charge is 0.335 e. The quantitative estimate of drug-likeness (QED) is 0.559. The molecule has 1 aliphatic heterocycles. The minimum atomic E-state index is -0.575. The van der Waals surface area contributed by atoms with E-state index in [1.807, 2.05) is 37.3 Å². The number of ether oxygens (including phenoxy) is 3. The summed E-state index contributed by atoms with van der Waals surface area (Å²) >= 11 is 0. The second-order valence-electron chi connectivity index (χ2n) is 7.16. The third kappa shape index (κ3) is 5.60. The third-order valence-corrected chi connectivity index (χ3v) is 5.04. The Labute approximate surface area is 177 Å². The minimum absolute atomic E-state index is 0.0214. The van der Waals surface area contributed by atoms with E-state index in [0.29, 0.717) is 44.2 Å². The fraction of sp³-hybridized carbons (Fsp3) is 0.417. The van der Waals surface area contributed by atoms with Crippen molar-refractivity contribution >= 4 is 11.9 Å². The van der Waals surface area contributed by atoms with Gasteiger partial charge in [-0.25, -0.2) is 4.79 Å². The van der Waals surface area contributed by atoms with Crippen molar-refractivity contribution in [3.63, 3.8) is 0 Å². The molecule has 0 bridgehead atoms. The van der Waals surface area contributed by atoms with Crippen molar-refractivity contribution in [2.75, 3.05) is 26.5 Å². The first kappa shape index (κ1) is 21.8. The second-order valence-corrected chi connectivity index (χ2v) is 7.16. The third-order valence-electron chi connectivity index (χ3n) is 5.04. The number of fused-ring (bicyclic) bond motifs is 1. The van der Waals surface area contributed by atoms with E-state index >= 15 is 0 Å². The van der Waals surface area contributed by atoms with Gasteiger partial charge in [-0.1, -0.05) is 36.4 Å². The van der Waals surface area contributed by atoms with Crippen molar-refractivity contribution in [1.82, 2.24) is 4.90 Å². The number of hydrogen-bond donors (Lipinski definition) is 0. The zero-order valence-corrected chi connectivity index (χ0v) is 17.6. The lowest BCUT2D eigenvalue weighted by Gasteiger charge is -2.28. The molecule has 0 saturated heterocycles. The van der Waals surface area contributed by atoms with E-state index in [1.165, 1.54) is 5.56 Å². The largest absolute Gasteiger partial charge is 0.472 e. The number of benzene rings is 2. The zero-order chi connectivity index (χ0) is 21.3. The second kappa shape index (κ2) is 10.8. The summed E-state index contributed by atoms with van der Waals surface area (Å²) in [5.74, 6) is 0.356. The first-order valence-corrected chi connectivity index (χ1v) is 10.5. The summed E-state index contributed by atoms with van der Waals surface area (Å²) in [5.41, 5.74) is 2.84. The van der Waals surface area contributed by atoms with Crippen molar-refractivity contribution in [3.8, 4) is 5.75 Å². The van der Waals surface area contributed by atoms with E-state index in [2.05, 4.69) is 12.1 Å². The first-order valence-electron chi connectivity index (χ1n) is 10.5. The van der Waals surface area contributed by atoms with Crippen LogP contribution in [-0.2, 0) is 27.1 Å². The lowest BCUT2D eigenvalue weighted by molar-refractivity contribution is -0.156. The molecule has 0 aromatic heterocycles. The number of esters is 1. The van der Waals surface area contributed by atoms with Crippen LogP contribution < -0.4 is 4.74 Å². The van der Waals surface area contributed by atoms with Crippen molar-refractivity contribution < 1.29 is 23.8 Å². The van der Waals surface area contributed by atoms with E-state index in [4.69, 9.17) is 14.2 Å². The molecule has 6 nitrogen and oxygen atoms in total. The molecule has 1 aliphatic rings. The van der Waals surface area contributed by atoms with Gasteiger partial charge in [0.2, 0.25) is 0 Å². The predicted octanol–water partition coefficient (Wildman–Crippen LogP) is 3.62. The van der Waals surface area contributed by atoms with E-state index < -0.39 is 6.10 Å². The molecular weight excluding hydrogens is 382 g/mol. The van der Waals surface area contributed by atoms with Crippen LogP contribution in [0.1, 0.15) is 41.8 Å². The van der Waals surface area contributed by atoms with Crippen LogP contribution in [0.4, 0.5) is 0 Å². The Morgan fingerprint density at radius 1 is 1.07 bits per heavy atom. The van der Waals surface area contributed by atoms with Gasteiger partial charge in [-0.05, 0) is 49.9 Å². The highest BCUT2D eigenvalue weighted by molar-refractivity contribution is 5.97. The predicted molar refractivity (Wildman–Crippen MR) is 113 cm³/mol. The summed E-state index contributed by atoms with van der Waals surface area (Å²) in [6, 6.07) is 15.5. The summed E-state index contributed by atoms with van der Waals surface area (Å²) in [4.78, 5) is 26.3. The van der Waals surface area contributed by atoms with E-state index in [0.717, 1.165) is 18.4 Å². The number of para-hydroxylation sites is 1. The lowest BCUT2D eigenvalue weighted by Crippen LogP contribution is -2.39. The SMILES string of the molecule is CCOC(=O)C(Cc1ccc(CCCN2COc3ccccc3C2=O)cc1)OCC. The molecule has 1 atom stereocenters. The summed E-state index contributed by atoms with van der Waals surface area (Å²) in [7, 11) is 0. The molecule has 2 aromatic carbocycles. The topological polar surface area (TPSA) is 65.1 Å². The Balaban J connectivity index is 1.49. The Morgan fingerprint density at radius 2 is 1.80 bits per heavy atom. The van der Waals surface area contributed by atoms with Crippen LogP contribution in [0.15, 0.2) is 48.5 Å². The van der Waals surface area contributed by atoms with Crippen LogP contribution in [0.25, 0.3) is 0 Å². The molecule has 0 aliphatic carbocycles. The average Bonchev–Trinajstić information content (AvgIpc) is 2.76. The Kier molecular flexibility index (Phi) is 7.85. The van der Waals surface area contributed by atoms with Gasteiger partial charge in [-0.3, -0.25) is 4.79 Å². The van der Waals surface area contributed by atoms with Gasteiger partial charge in [0.25, 0.3) is 5.91 Å². The Bertz CT molecular complexity index is 849. The molecule has 160 valence electrons. The number of carbonyl (C=O) groups is 2. The monoisotopic (exact) mass is 411 g/mol. The van der Waals surface area contributed by atoms with Gasteiger partial charge in [-0.2, -0.15) is 0 Å². The van der Waals surface area contributed by atoms with Gasteiger partial charge in [0.05, 0.1) is 12.2 Å². The highest BCUT2D eigenvalue weighted by Crippen LogP contribution is 2.24. The fourth-order valence-electron chi connectivity index (χ4n) is 3.49. The van der Waals surface area contributed by atoms with Crippen molar-refractivity contribution in [2.45, 2.75) is 39.2 Å². The molecule has 2 aromatic rings. The molecular formula is C24H29NO5. The highest BCUT2D eigenvalue weighted by Gasteiger charge is 2.24. The van der Waals surface area contributed by atoms with E-state index in [1.54, 1.807) is 17.9 Å². The Morgan fingerprint density at radius 3 is 2.53 bits per heavy atom. The normalized spacial score (nSPS) is 14.1. The Hall–Kier alpha value is -2.86. The number of nitrogens with zero attached hydrogens (tertiary/aromatic N) is 1. The van der Waals surface area contributed by atoms with Crippen LogP contribution in [0, 0.1) is 0 Å². The number of carbonyl (C=O) groups excluding carboxylic acids is 2.